The Morgan fingerprint density at radius 2 is 1.58 bits per heavy atom. The molecule has 2 N–H and O–H groups in total. The number of rotatable bonds is 13. The highest BCUT2D eigenvalue weighted by Crippen LogP contribution is 2.15. The van der Waals surface area contributed by atoms with Crippen LogP contribution in [0.25, 0.3) is 0 Å². The number of carbonyl (C=O) groups is 2. The van der Waals surface area contributed by atoms with Gasteiger partial charge in [-0.05, 0) is 58.7 Å². The van der Waals surface area contributed by atoms with Gasteiger partial charge in [0.25, 0.3) is 0 Å². The Labute approximate surface area is 188 Å². The van der Waals surface area contributed by atoms with E-state index in [1.165, 1.54) is 25.7 Å². The van der Waals surface area contributed by atoms with Gasteiger partial charge in [0.05, 0.1) is 6.10 Å². The van der Waals surface area contributed by atoms with E-state index in [0.29, 0.717) is 13.0 Å². The van der Waals surface area contributed by atoms with E-state index >= 15 is 0 Å². The molecule has 176 valence electrons. The van der Waals surface area contributed by atoms with Crippen molar-refractivity contribution in [3.63, 3.8) is 0 Å². The van der Waals surface area contributed by atoms with Crippen molar-refractivity contribution in [2.24, 2.45) is 0 Å². The fourth-order valence-corrected chi connectivity index (χ4v) is 3.11. The maximum Gasteiger partial charge on any atom is 0.408 e. The van der Waals surface area contributed by atoms with Crippen LogP contribution >= 0.6 is 0 Å². The molecule has 0 saturated carbocycles. The number of benzene rings is 1. The molecular weight excluding hydrogens is 392 g/mol. The Bertz CT molecular complexity index is 650. The van der Waals surface area contributed by atoms with Gasteiger partial charge in [-0.3, -0.25) is 4.79 Å². The molecule has 0 bridgehead atoms. The number of nitrogens with one attached hydrogen (secondary N) is 2. The zero-order chi connectivity index (χ0) is 23.3. The number of amides is 2. The molecule has 1 aromatic rings. The van der Waals surface area contributed by atoms with Gasteiger partial charge in [0.1, 0.15) is 17.4 Å². The largest absolute Gasteiger partial charge is 0.491 e. The average Bonchev–Trinajstić information content (AvgIpc) is 2.66. The summed E-state index contributed by atoms with van der Waals surface area (Å²) in [5.74, 6) is 0.588. The summed E-state index contributed by atoms with van der Waals surface area (Å²) < 4.78 is 11.0. The SMILES string of the molecule is CCCCCCCCNC(=O)C(Cc1ccc(OC(C)C)cc1)NC(=O)OC(C)(C)C. The van der Waals surface area contributed by atoms with Gasteiger partial charge in [-0.15, -0.1) is 0 Å². The molecule has 1 aromatic carbocycles. The molecule has 0 aromatic heterocycles. The van der Waals surface area contributed by atoms with Crippen LogP contribution in [0.4, 0.5) is 4.79 Å². The van der Waals surface area contributed by atoms with Crippen LogP contribution in [0.15, 0.2) is 24.3 Å². The van der Waals surface area contributed by atoms with Gasteiger partial charge in [0, 0.05) is 13.0 Å². The first-order valence-corrected chi connectivity index (χ1v) is 11.6. The predicted molar refractivity (Wildman–Crippen MR) is 125 cm³/mol. The molecule has 0 aliphatic heterocycles. The lowest BCUT2D eigenvalue weighted by Gasteiger charge is -2.23. The van der Waals surface area contributed by atoms with Gasteiger partial charge in [0.15, 0.2) is 0 Å². The van der Waals surface area contributed by atoms with Crippen LogP contribution in [-0.2, 0) is 16.0 Å². The highest BCUT2D eigenvalue weighted by atomic mass is 16.6. The van der Waals surface area contributed by atoms with Crippen LogP contribution in [0.3, 0.4) is 0 Å². The molecule has 6 heteroatoms. The van der Waals surface area contributed by atoms with E-state index < -0.39 is 17.7 Å². The maximum atomic E-state index is 12.8. The smallest absolute Gasteiger partial charge is 0.408 e. The molecule has 0 spiro atoms. The van der Waals surface area contributed by atoms with Crippen molar-refractivity contribution in [3.05, 3.63) is 29.8 Å². The summed E-state index contributed by atoms with van der Waals surface area (Å²) in [6.45, 7) is 12.2. The first-order chi connectivity index (χ1) is 14.6. The molecule has 0 heterocycles. The lowest BCUT2D eigenvalue weighted by Crippen LogP contribution is -2.49. The third-order valence-corrected chi connectivity index (χ3v) is 4.57. The molecule has 6 nitrogen and oxygen atoms in total. The molecule has 0 radical (unpaired) electrons. The minimum absolute atomic E-state index is 0.0974. The number of ether oxygens (including phenoxy) is 2. The highest BCUT2D eigenvalue weighted by Gasteiger charge is 2.24. The Morgan fingerprint density at radius 3 is 2.16 bits per heavy atom. The summed E-state index contributed by atoms with van der Waals surface area (Å²) in [5, 5.41) is 5.70. The van der Waals surface area contributed by atoms with Crippen molar-refractivity contribution in [2.75, 3.05) is 6.54 Å². The highest BCUT2D eigenvalue weighted by molar-refractivity contribution is 5.86. The van der Waals surface area contributed by atoms with E-state index in [2.05, 4.69) is 17.6 Å². The summed E-state index contributed by atoms with van der Waals surface area (Å²) in [4.78, 5) is 25.1. The van der Waals surface area contributed by atoms with Crippen molar-refractivity contribution in [3.8, 4) is 5.75 Å². The zero-order valence-corrected chi connectivity index (χ0v) is 20.3. The molecule has 1 rings (SSSR count). The number of carbonyl (C=O) groups excluding carboxylic acids is 2. The quantitative estimate of drug-likeness (QED) is 0.408. The topological polar surface area (TPSA) is 76.7 Å². The molecule has 1 unspecified atom stereocenters. The van der Waals surface area contributed by atoms with Gasteiger partial charge < -0.3 is 20.1 Å². The standard InChI is InChI=1S/C25H42N2O4/c1-7-8-9-10-11-12-17-26-23(28)22(27-24(29)31-25(4,5)6)18-20-13-15-21(16-14-20)30-19(2)3/h13-16,19,22H,7-12,17-18H2,1-6H3,(H,26,28)(H,27,29). The van der Waals surface area contributed by atoms with E-state index in [9.17, 15) is 9.59 Å². The minimum Gasteiger partial charge on any atom is -0.491 e. The second-order valence-corrected chi connectivity index (χ2v) is 9.27. The summed E-state index contributed by atoms with van der Waals surface area (Å²) in [5.41, 5.74) is 0.311. The average molecular weight is 435 g/mol. The van der Waals surface area contributed by atoms with Gasteiger partial charge in [-0.2, -0.15) is 0 Å². The van der Waals surface area contributed by atoms with Crippen molar-refractivity contribution in [1.29, 1.82) is 0 Å². The fourth-order valence-electron chi connectivity index (χ4n) is 3.11. The molecule has 1 atom stereocenters. The third-order valence-electron chi connectivity index (χ3n) is 4.57. The van der Waals surface area contributed by atoms with Crippen molar-refractivity contribution >= 4 is 12.0 Å². The normalized spacial score (nSPS) is 12.4. The number of hydrogen-bond donors (Lipinski definition) is 2. The second kappa shape index (κ2) is 13.9. The van der Waals surface area contributed by atoms with E-state index in [4.69, 9.17) is 9.47 Å². The monoisotopic (exact) mass is 434 g/mol. The Balaban J connectivity index is 2.67. The molecule has 2 amide bonds. The first-order valence-electron chi connectivity index (χ1n) is 11.6. The Kier molecular flexibility index (Phi) is 12.1. The zero-order valence-electron chi connectivity index (χ0n) is 20.3. The molecule has 0 saturated heterocycles. The fraction of sp³-hybridized carbons (Fsp3) is 0.680. The molecule has 0 aliphatic rings. The van der Waals surface area contributed by atoms with Gasteiger partial charge >= 0.3 is 6.09 Å². The van der Waals surface area contributed by atoms with Crippen LogP contribution < -0.4 is 15.4 Å². The van der Waals surface area contributed by atoms with Gasteiger partial charge in [-0.1, -0.05) is 51.2 Å². The van der Waals surface area contributed by atoms with Crippen molar-refractivity contribution < 1.29 is 19.1 Å². The lowest BCUT2D eigenvalue weighted by molar-refractivity contribution is -0.123. The Morgan fingerprint density at radius 1 is 0.968 bits per heavy atom. The summed E-state index contributed by atoms with van der Waals surface area (Å²) in [6.07, 6.45) is 6.83. The third kappa shape index (κ3) is 12.9. The van der Waals surface area contributed by atoms with Crippen LogP contribution in [0.5, 0.6) is 5.75 Å². The number of unbranched alkanes of at least 4 members (excludes halogenated alkanes) is 5. The van der Waals surface area contributed by atoms with Gasteiger partial charge in [0.2, 0.25) is 5.91 Å². The van der Waals surface area contributed by atoms with E-state index in [1.807, 2.05) is 38.1 Å². The molecular formula is C25H42N2O4. The second-order valence-electron chi connectivity index (χ2n) is 9.27. The van der Waals surface area contributed by atoms with Crippen LogP contribution in [0.2, 0.25) is 0 Å². The summed E-state index contributed by atoms with van der Waals surface area (Å²) in [6, 6.07) is 6.90. The lowest BCUT2D eigenvalue weighted by atomic mass is 10.0. The first kappa shape index (κ1) is 26.8. The minimum atomic E-state index is -0.702. The van der Waals surface area contributed by atoms with E-state index in [-0.39, 0.29) is 12.0 Å². The molecule has 31 heavy (non-hydrogen) atoms. The van der Waals surface area contributed by atoms with E-state index in [1.54, 1.807) is 20.8 Å². The number of hydrogen-bond acceptors (Lipinski definition) is 4. The predicted octanol–water partition coefficient (Wildman–Crippen LogP) is 5.39. The molecule has 0 fully saturated rings. The van der Waals surface area contributed by atoms with Crippen molar-refractivity contribution in [2.45, 2.75) is 104 Å². The maximum absolute atomic E-state index is 12.8. The van der Waals surface area contributed by atoms with Crippen LogP contribution in [0, 0.1) is 0 Å². The van der Waals surface area contributed by atoms with Gasteiger partial charge in [-0.25, -0.2) is 4.79 Å². The van der Waals surface area contributed by atoms with Crippen molar-refractivity contribution in [1.82, 2.24) is 10.6 Å². The van der Waals surface area contributed by atoms with Crippen LogP contribution in [0.1, 0.15) is 85.6 Å². The van der Waals surface area contributed by atoms with E-state index in [0.717, 1.165) is 24.2 Å². The number of alkyl carbamates (subject to hydrolysis) is 1. The summed E-state index contributed by atoms with van der Waals surface area (Å²) >= 11 is 0. The van der Waals surface area contributed by atoms with Crippen LogP contribution in [-0.4, -0.2) is 36.3 Å². The summed E-state index contributed by atoms with van der Waals surface area (Å²) in [7, 11) is 0. The molecule has 0 aliphatic carbocycles. The Hall–Kier alpha value is -2.24.